The van der Waals surface area contributed by atoms with Gasteiger partial charge in [0.15, 0.2) is 5.65 Å². The van der Waals surface area contributed by atoms with Crippen LogP contribution in [0.3, 0.4) is 0 Å². The van der Waals surface area contributed by atoms with Gasteiger partial charge >= 0.3 is 0 Å². The maximum atomic E-state index is 13.0. The molecule has 3 heterocycles. The van der Waals surface area contributed by atoms with E-state index in [4.69, 9.17) is 0 Å². The van der Waals surface area contributed by atoms with Crippen LogP contribution in [-0.4, -0.2) is 52.7 Å². The van der Waals surface area contributed by atoms with Crippen molar-refractivity contribution in [1.82, 2.24) is 19.3 Å². The lowest BCUT2D eigenvalue weighted by molar-refractivity contribution is 0.216. The molecule has 1 aromatic carbocycles. The standard InChI is InChI=1S/C19H23N5O3S/c1-13-2-6-16(7-3-13)28(26,27)24-9-8-17-18(21-12-22-19(17)24)23-14-4-5-15(11-25)20-10-14/h2-3,6-9,12,14-15,20,25H,4-5,10-11H2,1H3,(H,21,22,23)/t14-,15+/m1/s1. The Balaban J connectivity index is 1.64. The predicted octanol–water partition coefficient (Wildman–Crippen LogP) is 1.50. The molecule has 4 rings (SSSR count). The van der Waals surface area contributed by atoms with Crippen molar-refractivity contribution in [3.8, 4) is 0 Å². The summed E-state index contributed by atoms with van der Waals surface area (Å²) >= 11 is 0. The normalized spacial score (nSPS) is 20.4. The van der Waals surface area contributed by atoms with E-state index in [2.05, 4.69) is 20.6 Å². The van der Waals surface area contributed by atoms with E-state index in [0.717, 1.165) is 18.4 Å². The zero-order valence-electron chi connectivity index (χ0n) is 15.5. The Morgan fingerprint density at radius 3 is 2.68 bits per heavy atom. The number of nitrogens with one attached hydrogen (secondary N) is 2. The zero-order chi connectivity index (χ0) is 19.7. The molecule has 28 heavy (non-hydrogen) atoms. The van der Waals surface area contributed by atoms with Gasteiger partial charge in [0.1, 0.15) is 12.1 Å². The highest BCUT2D eigenvalue weighted by Gasteiger charge is 2.23. The molecule has 1 fully saturated rings. The number of aromatic nitrogens is 3. The minimum Gasteiger partial charge on any atom is -0.395 e. The molecule has 0 aliphatic carbocycles. The Hall–Kier alpha value is -2.49. The van der Waals surface area contributed by atoms with Gasteiger partial charge in [0, 0.05) is 24.8 Å². The molecule has 0 radical (unpaired) electrons. The fraction of sp³-hybridized carbons (Fsp3) is 0.368. The predicted molar refractivity (Wildman–Crippen MR) is 107 cm³/mol. The van der Waals surface area contributed by atoms with Crippen LogP contribution >= 0.6 is 0 Å². The summed E-state index contributed by atoms with van der Waals surface area (Å²) in [5, 5.41) is 16.6. The number of aryl methyl sites for hydroxylation is 1. The highest BCUT2D eigenvalue weighted by Crippen LogP contribution is 2.26. The van der Waals surface area contributed by atoms with E-state index >= 15 is 0 Å². The minimum atomic E-state index is -3.74. The number of anilines is 1. The lowest BCUT2D eigenvalue weighted by Crippen LogP contribution is -2.46. The quantitative estimate of drug-likeness (QED) is 0.594. The van der Waals surface area contributed by atoms with Crippen molar-refractivity contribution >= 4 is 26.9 Å². The van der Waals surface area contributed by atoms with Crippen molar-refractivity contribution in [2.45, 2.75) is 36.7 Å². The molecule has 1 aliphatic rings. The first-order chi connectivity index (χ1) is 13.5. The molecule has 0 saturated carbocycles. The molecular formula is C19H23N5O3S. The molecule has 8 nitrogen and oxygen atoms in total. The summed E-state index contributed by atoms with van der Waals surface area (Å²) in [6.07, 6.45) is 4.65. The van der Waals surface area contributed by atoms with Crippen molar-refractivity contribution < 1.29 is 13.5 Å². The number of benzene rings is 1. The number of aliphatic hydroxyl groups excluding tert-OH is 1. The second-order valence-electron chi connectivity index (χ2n) is 7.10. The summed E-state index contributed by atoms with van der Waals surface area (Å²) in [4.78, 5) is 8.74. The lowest BCUT2D eigenvalue weighted by Gasteiger charge is -2.29. The van der Waals surface area contributed by atoms with Gasteiger partial charge in [0.05, 0.1) is 16.9 Å². The minimum absolute atomic E-state index is 0.129. The maximum Gasteiger partial charge on any atom is 0.269 e. The third-order valence-electron chi connectivity index (χ3n) is 5.10. The Labute approximate surface area is 163 Å². The molecule has 0 amide bonds. The topological polar surface area (TPSA) is 109 Å². The molecule has 9 heteroatoms. The molecule has 2 aromatic heterocycles. The van der Waals surface area contributed by atoms with E-state index in [9.17, 15) is 13.5 Å². The van der Waals surface area contributed by atoms with E-state index < -0.39 is 10.0 Å². The summed E-state index contributed by atoms with van der Waals surface area (Å²) in [5.74, 6) is 0.608. The lowest BCUT2D eigenvalue weighted by atomic mass is 10.0. The molecule has 0 bridgehead atoms. The second kappa shape index (κ2) is 7.50. The highest BCUT2D eigenvalue weighted by atomic mass is 32.2. The highest BCUT2D eigenvalue weighted by molar-refractivity contribution is 7.90. The largest absolute Gasteiger partial charge is 0.395 e. The summed E-state index contributed by atoms with van der Waals surface area (Å²) in [5.41, 5.74) is 1.34. The van der Waals surface area contributed by atoms with Crippen LogP contribution in [0.5, 0.6) is 0 Å². The smallest absolute Gasteiger partial charge is 0.269 e. The van der Waals surface area contributed by atoms with Gasteiger partial charge in [-0.1, -0.05) is 17.7 Å². The summed E-state index contributed by atoms with van der Waals surface area (Å²) in [7, 11) is -3.74. The second-order valence-corrected chi connectivity index (χ2v) is 8.91. The van der Waals surface area contributed by atoms with Crippen LogP contribution in [0.4, 0.5) is 5.82 Å². The summed E-state index contributed by atoms with van der Waals surface area (Å²) in [6, 6.07) is 8.75. The number of nitrogens with zero attached hydrogens (tertiary/aromatic N) is 3. The van der Waals surface area contributed by atoms with Gasteiger partial charge in [-0.3, -0.25) is 0 Å². The van der Waals surface area contributed by atoms with E-state index in [1.165, 1.54) is 16.5 Å². The number of hydrogen-bond acceptors (Lipinski definition) is 7. The monoisotopic (exact) mass is 401 g/mol. The van der Waals surface area contributed by atoms with Crippen LogP contribution in [0.25, 0.3) is 11.0 Å². The number of fused-ring (bicyclic) bond motifs is 1. The van der Waals surface area contributed by atoms with E-state index in [1.807, 2.05) is 6.92 Å². The fourth-order valence-corrected chi connectivity index (χ4v) is 4.75. The Bertz CT molecular complexity index is 1070. The van der Waals surface area contributed by atoms with Gasteiger partial charge < -0.3 is 15.7 Å². The number of piperidine rings is 1. The van der Waals surface area contributed by atoms with Crippen LogP contribution in [0.15, 0.2) is 47.8 Å². The molecule has 1 saturated heterocycles. The number of hydrogen-bond donors (Lipinski definition) is 3. The Kier molecular flexibility index (Phi) is 5.05. The van der Waals surface area contributed by atoms with E-state index in [-0.39, 0.29) is 23.6 Å². The van der Waals surface area contributed by atoms with Gasteiger partial charge in [0.2, 0.25) is 0 Å². The van der Waals surface area contributed by atoms with Crippen LogP contribution in [-0.2, 0) is 10.0 Å². The maximum absolute atomic E-state index is 13.0. The van der Waals surface area contributed by atoms with Crippen LogP contribution in [0, 0.1) is 6.92 Å². The average Bonchev–Trinajstić information content (AvgIpc) is 3.15. The van der Waals surface area contributed by atoms with Gasteiger partial charge in [0.25, 0.3) is 10.0 Å². The molecule has 0 unspecified atom stereocenters. The van der Waals surface area contributed by atoms with Crippen molar-refractivity contribution in [1.29, 1.82) is 0 Å². The van der Waals surface area contributed by atoms with Crippen molar-refractivity contribution in [2.75, 3.05) is 18.5 Å². The first-order valence-corrected chi connectivity index (χ1v) is 10.7. The molecule has 2 atom stereocenters. The molecule has 3 N–H and O–H groups in total. The first kappa shape index (κ1) is 18.9. The molecule has 148 valence electrons. The van der Waals surface area contributed by atoms with Crippen molar-refractivity contribution in [3.05, 3.63) is 48.4 Å². The molecule has 3 aromatic rings. The number of aliphatic hydroxyl groups is 1. The van der Waals surface area contributed by atoms with Gasteiger partial charge in [-0.2, -0.15) is 0 Å². The molecule has 0 spiro atoms. The Morgan fingerprint density at radius 2 is 2.00 bits per heavy atom. The van der Waals surface area contributed by atoms with Gasteiger partial charge in [-0.25, -0.2) is 22.4 Å². The van der Waals surface area contributed by atoms with Gasteiger partial charge in [-0.15, -0.1) is 0 Å². The van der Waals surface area contributed by atoms with E-state index in [1.54, 1.807) is 30.3 Å². The molecular weight excluding hydrogens is 378 g/mol. The third-order valence-corrected chi connectivity index (χ3v) is 6.78. The molecule has 1 aliphatic heterocycles. The fourth-order valence-electron chi connectivity index (χ4n) is 3.45. The van der Waals surface area contributed by atoms with Crippen molar-refractivity contribution in [2.24, 2.45) is 0 Å². The average molecular weight is 401 g/mol. The van der Waals surface area contributed by atoms with Crippen molar-refractivity contribution in [3.63, 3.8) is 0 Å². The van der Waals surface area contributed by atoms with Gasteiger partial charge in [-0.05, 0) is 38.0 Å². The first-order valence-electron chi connectivity index (χ1n) is 9.24. The van der Waals surface area contributed by atoms with Crippen LogP contribution in [0.2, 0.25) is 0 Å². The number of rotatable bonds is 5. The third kappa shape index (κ3) is 3.48. The summed E-state index contributed by atoms with van der Waals surface area (Å²) in [6.45, 7) is 2.75. The van der Waals surface area contributed by atoms with Crippen LogP contribution in [0.1, 0.15) is 18.4 Å². The zero-order valence-corrected chi connectivity index (χ0v) is 16.4. The van der Waals surface area contributed by atoms with E-state index in [0.29, 0.717) is 23.4 Å². The van der Waals surface area contributed by atoms with Crippen LogP contribution < -0.4 is 10.6 Å². The Morgan fingerprint density at radius 1 is 1.21 bits per heavy atom. The summed E-state index contributed by atoms with van der Waals surface area (Å²) < 4.78 is 27.3. The SMILES string of the molecule is Cc1ccc(S(=O)(=O)n2ccc3c(N[C@@H]4CC[C@@H](CO)NC4)ncnc32)cc1.